The number of benzene rings is 1. The molecule has 0 aliphatic rings. The lowest BCUT2D eigenvalue weighted by atomic mass is 10.3. The Labute approximate surface area is 162 Å². The van der Waals surface area contributed by atoms with E-state index in [0.717, 1.165) is 35.1 Å². The predicted molar refractivity (Wildman–Crippen MR) is 91.8 cm³/mol. The smallest absolute Gasteiger partial charge is 0.417 e. The first kappa shape index (κ1) is 19.3. The largest absolute Gasteiger partial charge is 0.453 e. The third kappa shape index (κ3) is 4.11. The lowest BCUT2D eigenvalue weighted by Crippen LogP contribution is -2.23. The van der Waals surface area contributed by atoms with E-state index in [-0.39, 0.29) is 26.8 Å². The summed E-state index contributed by atoms with van der Waals surface area (Å²) >= 11 is 9.10. The fourth-order valence-electron chi connectivity index (χ4n) is 2.01. The fourth-order valence-corrected chi connectivity index (χ4v) is 2.61. The molecular weight excluding hydrogens is 458 g/mol. The molecule has 3 rings (SSSR count). The van der Waals surface area contributed by atoms with Gasteiger partial charge in [0.2, 0.25) is 0 Å². The quantitative estimate of drug-likeness (QED) is 0.512. The summed E-state index contributed by atoms with van der Waals surface area (Å²) in [6.07, 6.45) is -2.88. The second-order valence-corrected chi connectivity index (χ2v) is 6.35. The molecule has 0 aliphatic heterocycles. The standard InChI is InChI=1S/C16H7BrClF4N3O2/c17-10-5-9(19)2-3-11(10)27-12-7-24-25(15(26)14(12)18)13-4-1-8(6-23-13)16(20,21)22/h1-7H. The van der Waals surface area contributed by atoms with Crippen LogP contribution in [0.25, 0.3) is 5.82 Å². The molecule has 0 N–H and O–H groups in total. The highest BCUT2D eigenvalue weighted by atomic mass is 79.9. The zero-order valence-electron chi connectivity index (χ0n) is 13.0. The van der Waals surface area contributed by atoms with Crippen LogP contribution in [-0.2, 0) is 6.18 Å². The minimum atomic E-state index is -4.55. The third-order valence-electron chi connectivity index (χ3n) is 3.29. The average Bonchev–Trinajstić information content (AvgIpc) is 2.60. The highest BCUT2D eigenvalue weighted by molar-refractivity contribution is 9.10. The molecule has 11 heteroatoms. The van der Waals surface area contributed by atoms with Crippen LogP contribution < -0.4 is 10.3 Å². The second kappa shape index (κ2) is 7.28. The van der Waals surface area contributed by atoms with Crippen molar-refractivity contribution < 1.29 is 22.3 Å². The fraction of sp³-hybridized carbons (Fsp3) is 0.0625. The number of aromatic nitrogens is 3. The summed E-state index contributed by atoms with van der Waals surface area (Å²) in [5.41, 5.74) is -1.81. The van der Waals surface area contributed by atoms with E-state index in [4.69, 9.17) is 16.3 Å². The van der Waals surface area contributed by atoms with E-state index in [1.165, 1.54) is 6.07 Å². The van der Waals surface area contributed by atoms with Crippen LogP contribution in [0, 0.1) is 5.82 Å². The van der Waals surface area contributed by atoms with E-state index in [0.29, 0.717) is 6.20 Å². The van der Waals surface area contributed by atoms with Crippen LogP contribution >= 0.6 is 27.5 Å². The normalized spacial score (nSPS) is 11.5. The van der Waals surface area contributed by atoms with Crippen molar-refractivity contribution in [2.24, 2.45) is 0 Å². The average molecular weight is 465 g/mol. The Morgan fingerprint density at radius 2 is 1.85 bits per heavy atom. The first-order valence-corrected chi connectivity index (χ1v) is 8.28. The van der Waals surface area contributed by atoms with E-state index in [1.807, 2.05) is 0 Å². The van der Waals surface area contributed by atoms with Crippen LogP contribution in [0.1, 0.15) is 5.56 Å². The van der Waals surface area contributed by atoms with Crippen molar-refractivity contribution in [2.45, 2.75) is 6.18 Å². The van der Waals surface area contributed by atoms with E-state index in [2.05, 4.69) is 26.0 Å². The Balaban J connectivity index is 1.94. The summed E-state index contributed by atoms with van der Waals surface area (Å²) in [5.74, 6) is -0.575. The lowest BCUT2D eigenvalue weighted by molar-refractivity contribution is -0.137. The number of hydrogen-bond acceptors (Lipinski definition) is 4. The molecule has 0 fully saturated rings. The third-order valence-corrected chi connectivity index (χ3v) is 4.26. The zero-order valence-corrected chi connectivity index (χ0v) is 15.3. The van der Waals surface area contributed by atoms with E-state index >= 15 is 0 Å². The molecule has 0 amide bonds. The summed E-state index contributed by atoms with van der Waals surface area (Å²) in [6.45, 7) is 0. The Morgan fingerprint density at radius 3 is 2.44 bits per heavy atom. The number of alkyl halides is 3. The minimum Gasteiger partial charge on any atom is -0.453 e. The van der Waals surface area contributed by atoms with Gasteiger partial charge in [0.1, 0.15) is 11.6 Å². The maximum Gasteiger partial charge on any atom is 0.417 e. The molecule has 0 unspecified atom stereocenters. The van der Waals surface area contributed by atoms with Crippen LogP contribution in [0.5, 0.6) is 11.5 Å². The number of halogens is 6. The zero-order chi connectivity index (χ0) is 19.8. The van der Waals surface area contributed by atoms with E-state index in [1.54, 1.807) is 0 Å². The van der Waals surface area contributed by atoms with Crippen LogP contribution in [0.15, 0.2) is 52.0 Å². The molecule has 0 bridgehead atoms. The number of pyridine rings is 1. The molecule has 0 aliphatic carbocycles. The Kier molecular flexibility index (Phi) is 5.20. The Morgan fingerprint density at radius 1 is 1.11 bits per heavy atom. The summed E-state index contributed by atoms with van der Waals surface area (Å²) < 4.78 is 57.4. The van der Waals surface area contributed by atoms with Crippen LogP contribution in [0.2, 0.25) is 5.02 Å². The molecule has 2 aromatic heterocycles. The molecule has 140 valence electrons. The van der Waals surface area contributed by atoms with Crippen molar-refractivity contribution in [1.82, 2.24) is 14.8 Å². The summed E-state index contributed by atoms with van der Waals surface area (Å²) in [4.78, 5) is 15.9. The number of ether oxygens (including phenoxy) is 1. The first-order valence-electron chi connectivity index (χ1n) is 7.11. The molecule has 0 saturated heterocycles. The van der Waals surface area contributed by atoms with Gasteiger partial charge in [0.25, 0.3) is 5.56 Å². The number of nitrogens with zero attached hydrogens (tertiary/aromatic N) is 3. The van der Waals surface area contributed by atoms with E-state index < -0.39 is 23.1 Å². The van der Waals surface area contributed by atoms with Gasteiger partial charge < -0.3 is 4.74 Å². The SMILES string of the molecule is O=c1c(Cl)c(Oc2ccc(F)cc2Br)cnn1-c1ccc(C(F)(F)F)cn1. The first-order chi connectivity index (χ1) is 12.7. The molecule has 2 heterocycles. The molecule has 0 spiro atoms. The van der Waals surface area contributed by atoms with Gasteiger partial charge in [0.15, 0.2) is 16.6 Å². The monoisotopic (exact) mass is 463 g/mol. The van der Waals surface area contributed by atoms with Crippen molar-refractivity contribution in [3.63, 3.8) is 0 Å². The van der Waals surface area contributed by atoms with Gasteiger partial charge in [0.05, 0.1) is 16.2 Å². The van der Waals surface area contributed by atoms with Crippen molar-refractivity contribution in [3.8, 4) is 17.3 Å². The van der Waals surface area contributed by atoms with Crippen molar-refractivity contribution >= 4 is 27.5 Å². The molecule has 27 heavy (non-hydrogen) atoms. The van der Waals surface area contributed by atoms with Crippen LogP contribution in [0.3, 0.4) is 0 Å². The van der Waals surface area contributed by atoms with Gasteiger partial charge in [-0.05, 0) is 46.3 Å². The Bertz CT molecular complexity index is 1060. The maximum atomic E-state index is 13.1. The van der Waals surface area contributed by atoms with Gasteiger partial charge in [0, 0.05) is 6.20 Å². The van der Waals surface area contributed by atoms with Crippen molar-refractivity contribution in [2.75, 3.05) is 0 Å². The highest BCUT2D eigenvalue weighted by Crippen LogP contribution is 2.32. The molecule has 5 nitrogen and oxygen atoms in total. The molecule has 1 aromatic carbocycles. The predicted octanol–water partition coefficient (Wildman–Crippen LogP) is 4.99. The van der Waals surface area contributed by atoms with Gasteiger partial charge in [-0.25, -0.2) is 9.37 Å². The van der Waals surface area contributed by atoms with Gasteiger partial charge >= 0.3 is 6.18 Å². The molecule has 0 radical (unpaired) electrons. The molecule has 0 saturated carbocycles. The van der Waals surface area contributed by atoms with Crippen molar-refractivity contribution in [1.29, 1.82) is 0 Å². The summed E-state index contributed by atoms with van der Waals surface area (Å²) in [5, 5.41) is 3.43. The topological polar surface area (TPSA) is 57.0 Å². The van der Waals surface area contributed by atoms with Gasteiger partial charge in [-0.1, -0.05) is 11.6 Å². The molecular formula is C16H7BrClF4N3O2. The second-order valence-electron chi connectivity index (χ2n) is 5.12. The molecule has 0 atom stereocenters. The van der Waals surface area contributed by atoms with Gasteiger partial charge in [-0.2, -0.15) is 23.0 Å². The molecule has 3 aromatic rings. The summed E-state index contributed by atoms with van der Waals surface area (Å²) in [6, 6.07) is 5.38. The van der Waals surface area contributed by atoms with Crippen LogP contribution in [0.4, 0.5) is 17.6 Å². The highest BCUT2D eigenvalue weighted by Gasteiger charge is 2.30. The maximum absolute atomic E-state index is 13.1. The Hall–Kier alpha value is -2.46. The number of hydrogen-bond donors (Lipinski definition) is 0. The number of rotatable bonds is 3. The van der Waals surface area contributed by atoms with Gasteiger partial charge in [-0.3, -0.25) is 4.79 Å². The van der Waals surface area contributed by atoms with Crippen molar-refractivity contribution in [3.05, 3.63) is 74.0 Å². The van der Waals surface area contributed by atoms with Crippen LogP contribution in [-0.4, -0.2) is 14.8 Å². The van der Waals surface area contributed by atoms with Gasteiger partial charge in [-0.15, -0.1) is 0 Å². The lowest BCUT2D eigenvalue weighted by Gasteiger charge is -2.11. The minimum absolute atomic E-state index is 0.114. The summed E-state index contributed by atoms with van der Waals surface area (Å²) in [7, 11) is 0. The van der Waals surface area contributed by atoms with E-state index in [9.17, 15) is 22.4 Å².